The average molecular weight is 282 g/mol. The molecule has 0 fully saturated rings. The molecule has 106 valence electrons. The van der Waals surface area contributed by atoms with Crippen molar-refractivity contribution in [1.82, 2.24) is 9.78 Å². The highest BCUT2D eigenvalue weighted by Gasteiger charge is 2.32. The Morgan fingerprint density at radius 3 is 2.75 bits per heavy atom. The van der Waals surface area contributed by atoms with Crippen molar-refractivity contribution < 1.29 is 13.2 Å². The molecule has 2 aromatic rings. The number of hydrogen-bond donors (Lipinski definition) is 2. The molecule has 1 aromatic carbocycles. The van der Waals surface area contributed by atoms with Gasteiger partial charge in [-0.05, 0) is 18.2 Å². The predicted octanol–water partition coefficient (Wildman–Crippen LogP) is 3.02. The topological polar surface area (TPSA) is 41.9 Å². The Hall–Kier alpha value is -2.18. The van der Waals surface area contributed by atoms with E-state index in [0.717, 1.165) is 17.7 Å². The second-order valence-electron chi connectivity index (χ2n) is 4.78. The zero-order valence-corrected chi connectivity index (χ0v) is 10.7. The van der Waals surface area contributed by atoms with Gasteiger partial charge in [-0.3, -0.25) is 4.68 Å². The number of nitrogens with one attached hydrogen (secondary N) is 2. The Balaban J connectivity index is 1.86. The van der Waals surface area contributed by atoms with Crippen LogP contribution in [0.5, 0.6) is 0 Å². The number of hydrogen-bond acceptors (Lipinski definition) is 3. The Kier molecular flexibility index (Phi) is 2.84. The number of benzene rings is 1. The molecule has 0 saturated carbocycles. The third-order valence-corrected chi connectivity index (χ3v) is 3.30. The van der Waals surface area contributed by atoms with Gasteiger partial charge < -0.3 is 10.6 Å². The lowest BCUT2D eigenvalue weighted by molar-refractivity contribution is -0.137. The smallest absolute Gasteiger partial charge is 0.381 e. The molecule has 1 atom stereocenters. The molecule has 1 aliphatic rings. The van der Waals surface area contributed by atoms with Gasteiger partial charge in [-0.2, -0.15) is 18.3 Å². The lowest BCUT2D eigenvalue weighted by Gasteiger charge is -2.28. The Labute approximate surface area is 113 Å². The lowest BCUT2D eigenvalue weighted by atomic mass is 10.1. The van der Waals surface area contributed by atoms with Crippen molar-refractivity contribution in [3.05, 3.63) is 41.7 Å². The van der Waals surface area contributed by atoms with E-state index in [1.54, 1.807) is 10.9 Å². The first kappa shape index (κ1) is 12.8. The highest BCUT2D eigenvalue weighted by atomic mass is 19.4. The second kappa shape index (κ2) is 4.43. The number of fused-ring (bicyclic) bond motifs is 1. The van der Waals surface area contributed by atoms with E-state index in [0.29, 0.717) is 17.9 Å². The van der Waals surface area contributed by atoms with E-state index < -0.39 is 11.7 Å². The molecule has 0 aliphatic carbocycles. The van der Waals surface area contributed by atoms with Crippen molar-refractivity contribution in [3.63, 3.8) is 0 Å². The summed E-state index contributed by atoms with van der Waals surface area (Å²) in [5.41, 5.74) is 1.48. The number of rotatable bonds is 1. The maximum atomic E-state index is 12.6. The summed E-state index contributed by atoms with van der Waals surface area (Å²) in [6.45, 7) is 0.514. The first-order valence-corrected chi connectivity index (χ1v) is 6.14. The van der Waals surface area contributed by atoms with E-state index in [9.17, 15) is 13.2 Å². The van der Waals surface area contributed by atoms with Crippen LogP contribution in [0.25, 0.3) is 0 Å². The van der Waals surface area contributed by atoms with Crippen LogP contribution < -0.4 is 10.6 Å². The first-order valence-electron chi connectivity index (χ1n) is 6.14. The molecule has 0 radical (unpaired) electrons. The molecule has 1 unspecified atom stereocenters. The van der Waals surface area contributed by atoms with E-state index in [-0.39, 0.29) is 6.04 Å². The van der Waals surface area contributed by atoms with Crippen LogP contribution in [-0.4, -0.2) is 16.3 Å². The van der Waals surface area contributed by atoms with Gasteiger partial charge in [-0.15, -0.1) is 0 Å². The molecule has 0 spiro atoms. The van der Waals surface area contributed by atoms with Gasteiger partial charge in [-0.1, -0.05) is 0 Å². The van der Waals surface area contributed by atoms with Crippen LogP contribution in [0.1, 0.15) is 17.2 Å². The molecule has 1 aromatic heterocycles. The summed E-state index contributed by atoms with van der Waals surface area (Å²) in [7, 11) is 1.82. The highest BCUT2D eigenvalue weighted by Crippen LogP contribution is 2.37. The molecule has 0 bridgehead atoms. The molecule has 3 rings (SSSR count). The Morgan fingerprint density at radius 1 is 1.30 bits per heavy atom. The summed E-state index contributed by atoms with van der Waals surface area (Å²) >= 11 is 0. The van der Waals surface area contributed by atoms with Crippen molar-refractivity contribution in [2.45, 2.75) is 12.2 Å². The van der Waals surface area contributed by atoms with Gasteiger partial charge in [0.25, 0.3) is 0 Å². The minimum absolute atomic E-state index is 0.00654. The number of aryl methyl sites for hydroxylation is 1. The van der Waals surface area contributed by atoms with E-state index in [1.807, 2.05) is 13.2 Å². The van der Waals surface area contributed by atoms with Crippen molar-refractivity contribution in [1.29, 1.82) is 0 Å². The van der Waals surface area contributed by atoms with Crippen LogP contribution in [-0.2, 0) is 13.2 Å². The maximum Gasteiger partial charge on any atom is 0.416 e. The van der Waals surface area contributed by atoms with Crippen LogP contribution >= 0.6 is 0 Å². The minimum Gasteiger partial charge on any atom is -0.381 e. The van der Waals surface area contributed by atoms with Gasteiger partial charge in [0.2, 0.25) is 0 Å². The molecule has 0 saturated heterocycles. The molecule has 20 heavy (non-hydrogen) atoms. The van der Waals surface area contributed by atoms with Crippen LogP contribution in [0.15, 0.2) is 30.6 Å². The number of aromatic nitrogens is 2. The lowest BCUT2D eigenvalue weighted by Crippen LogP contribution is -2.26. The van der Waals surface area contributed by atoms with Crippen LogP contribution in [0, 0.1) is 0 Å². The van der Waals surface area contributed by atoms with Gasteiger partial charge in [0.1, 0.15) is 0 Å². The molecular formula is C13H13F3N4. The fraction of sp³-hybridized carbons (Fsp3) is 0.308. The van der Waals surface area contributed by atoms with Crippen molar-refractivity contribution in [2.24, 2.45) is 7.05 Å². The van der Waals surface area contributed by atoms with Crippen molar-refractivity contribution in [2.75, 3.05) is 17.2 Å². The zero-order valence-electron chi connectivity index (χ0n) is 10.7. The predicted molar refractivity (Wildman–Crippen MR) is 69.5 cm³/mol. The molecule has 2 heterocycles. The maximum absolute atomic E-state index is 12.6. The van der Waals surface area contributed by atoms with E-state index in [2.05, 4.69) is 15.7 Å². The fourth-order valence-electron chi connectivity index (χ4n) is 2.26. The van der Waals surface area contributed by atoms with Gasteiger partial charge in [-0.25, -0.2) is 0 Å². The number of nitrogens with zero attached hydrogens (tertiary/aromatic N) is 2. The van der Waals surface area contributed by atoms with Crippen molar-refractivity contribution in [3.8, 4) is 0 Å². The van der Waals surface area contributed by atoms with Crippen LogP contribution in [0.3, 0.4) is 0 Å². The van der Waals surface area contributed by atoms with Crippen LogP contribution in [0.2, 0.25) is 0 Å². The molecule has 1 aliphatic heterocycles. The fourth-order valence-corrected chi connectivity index (χ4v) is 2.26. The van der Waals surface area contributed by atoms with Gasteiger partial charge in [0.15, 0.2) is 0 Å². The standard InChI is InChI=1S/C13H13F3N4/c1-20-7-8(5-18-20)12-6-17-11-4-9(13(14,15)16)2-3-10(11)19-12/h2-5,7,12,17,19H,6H2,1H3. The van der Waals surface area contributed by atoms with Crippen LogP contribution in [0.4, 0.5) is 24.5 Å². The molecule has 0 amide bonds. The van der Waals surface area contributed by atoms with E-state index in [1.165, 1.54) is 6.07 Å². The summed E-state index contributed by atoms with van der Waals surface area (Å²) in [4.78, 5) is 0. The SMILES string of the molecule is Cn1cc(C2CNc3cc(C(F)(F)F)ccc3N2)cn1. The normalized spacial score (nSPS) is 18.1. The second-order valence-corrected chi connectivity index (χ2v) is 4.78. The first-order chi connectivity index (χ1) is 9.43. The summed E-state index contributed by atoms with van der Waals surface area (Å²) in [6, 6.07) is 3.65. The van der Waals surface area contributed by atoms with Gasteiger partial charge in [0, 0.05) is 25.4 Å². The highest BCUT2D eigenvalue weighted by molar-refractivity contribution is 5.72. The zero-order chi connectivity index (χ0) is 14.3. The summed E-state index contributed by atoms with van der Waals surface area (Å²) in [6.07, 6.45) is -0.695. The minimum atomic E-state index is -4.32. The molecule has 2 N–H and O–H groups in total. The molecule has 7 heteroatoms. The Bertz CT molecular complexity index is 633. The number of anilines is 2. The molecule has 4 nitrogen and oxygen atoms in total. The van der Waals surface area contributed by atoms with Gasteiger partial charge >= 0.3 is 6.18 Å². The Morgan fingerprint density at radius 2 is 2.10 bits per heavy atom. The largest absolute Gasteiger partial charge is 0.416 e. The van der Waals surface area contributed by atoms with E-state index in [4.69, 9.17) is 0 Å². The molecular weight excluding hydrogens is 269 g/mol. The summed E-state index contributed by atoms with van der Waals surface area (Å²) < 4.78 is 39.6. The third-order valence-electron chi connectivity index (χ3n) is 3.30. The van der Waals surface area contributed by atoms with Gasteiger partial charge in [0.05, 0.1) is 29.2 Å². The van der Waals surface area contributed by atoms with E-state index >= 15 is 0 Å². The summed E-state index contributed by atoms with van der Waals surface area (Å²) in [5.74, 6) is 0. The monoisotopic (exact) mass is 282 g/mol. The summed E-state index contributed by atoms with van der Waals surface area (Å²) in [5, 5.41) is 10.3. The van der Waals surface area contributed by atoms with Crippen molar-refractivity contribution >= 4 is 11.4 Å². The average Bonchev–Trinajstić information content (AvgIpc) is 2.83. The number of halogens is 3. The number of alkyl halides is 3. The quantitative estimate of drug-likeness (QED) is 0.845. The third kappa shape index (κ3) is 2.31.